The maximum absolute atomic E-state index is 12.2. The van der Waals surface area contributed by atoms with Crippen LogP contribution < -0.4 is 4.72 Å². The van der Waals surface area contributed by atoms with Gasteiger partial charge in [-0.2, -0.15) is 0 Å². The topological polar surface area (TPSA) is 96.4 Å². The van der Waals surface area contributed by atoms with Crippen LogP contribution in [0.15, 0.2) is 52.0 Å². The van der Waals surface area contributed by atoms with Crippen LogP contribution in [-0.2, 0) is 21.2 Å². The lowest BCUT2D eigenvalue weighted by Crippen LogP contribution is -2.14. The van der Waals surface area contributed by atoms with Crippen molar-refractivity contribution in [1.29, 1.82) is 0 Å². The summed E-state index contributed by atoms with van der Waals surface area (Å²) in [4.78, 5) is 14.6. The van der Waals surface area contributed by atoms with Gasteiger partial charge in [0.05, 0.1) is 24.0 Å². The molecule has 0 atom stereocenters. The lowest BCUT2D eigenvalue weighted by atomic mass is 10.3. The Hall–Kier alpha value is -1.93. The minimum atomic E-state index is -3.73. The summed E-state index contributed by atoms with van der Waals surface area (Å²) in [5.74, 6) is -0.996. The average molecular weight is 371 g/mol. The van der Waals surface area contributed by atoms with Gasteiger partial charge >= 0.3 is 5.97 Å². The molecule has 0 unspecified atom stereocenters. The third-order valence-corrected chi connectivity index (χ3v) is 4.93. The molecule has 1 heterocycles. The predicted molar refractivity (Wildman–Crippen MR) is 80.5 cm³/mol. The number of nitrogens with one attached hydrogen (secondary N) is 1. The van der Waals surface area contributed by atoms with Gasteiger partial charge in [-0.15, -0.1) is 0 Å². The zero-order valence-electron chi connectivity index (χ0n) is 10.7. The summed E-state index contributed by atoms with van der Waals surface area (Å²) in [5, 5.41) is 8.65. The highest BCUT2D eigenvalue weighted by Crippen LogP contribution is 2.23. The lowest BCUT2D eigenvalue weighted by Gasteiger charge is -2.09. The first-order valence-corrected chi connectivity index (χ1v) is 8.10. The van der Waals surface area contributed by atoms with Crippen molar-refractivity contribution in [3.8, 4) is 0 Å². The smallest absolute Gasteiger partial charge is 0.309 e. The molecular weight excluding hydrogens is 360 g/mol. The summed E-state index contributed by atoms with van der Waals surface area (Å²) >= 11 is 3.18. The van der Waals surface area contributed by atoms with Gasteiger partial charge in [-0.05, 0) is 40.2 Å². The molecule has 110 valence electrons. The van der Waals surface area contributed by atoms with Gasteiger partial charge in [-0.1, -0.05) is 12.1 Å². The molecule has 21 heavy (non-hydrogen) atoms. The van der Waals surface area contributed by atoms with E-state index in [-0.39, 0.29) is 17.0 Å². The fourth-order valence-electron chi connectivity index (χ4n) is 1.62. The zero-order valence-corrected chi connectivity index (χ0v) is 13.1. The summed E-state index contributed by atoms with van der Waals surface area (Å²) in [6.07, 6.45) is 1.07. The number of anilines is 1. The fraction of sp³-hybridized carbons (Fsp3) is 0.0769. The van der Waals surface area contributed by atoms with E-state index in [1.54, 1.807) is 18.2 Å². The summed E-state index contributed by atoms with van der Waals surface area (Å²) in [7, 11) is -3.73. The molecule has 2 rings (SSSR count). The standard InChI is InChI=1S/C13H11BrN2O4S/c14-11-3-1-2-4-12(11)21(19,20)16-10-6-5-9(15-8-10)7-13(17)18/h1-6,8,16H,7H2,(H,17,18). The van der Waals surface area contributed by atoms with Crippen LogP contribution in [0.5, 0.6) is 0 Å². The molecule has 6 nitrogen and oxygen atoms in total. The molecule has 8 heteroatoms. The van der Waals surface area contributed by atoms with Gasteiger partial charge in [0, 0.05) is 4.47 Å². The number of carboxylic acids is 1. The Bertz CT molecular complexity index is 760. The van der Waals surface area contributed by atoms with Gasteiger partial charge in [0.1, 0.15) is 4.90 Å². The molecule has 0 saturated carbocycles. The third-order valence-electron chi connectivity index (χ3n) is 2.54. The van der Waals surface area contributed by atoms with Crippen LogP contribution in [0.1, 0.15) is 5.69 Å². The Kier molecular flexibility index (Phi) is 4.59. The molecule has 0 radical (unpaired) electrons. The highest BCUT2D eigenvalue weighted by molar-refractivity contribution is 9.10. The summed E-state index contributed by atoms with van der Waals surface area (Å²) in [6, 6.07) is 9.37. The van der Waals surface area contributed by atoms with Crippen LogP contribution in [0.2, 0.25) is 0 Å². The number of benzene rings is 1. The number of rotatable bonds is 5. The Morgan fingerprint density at radius 1 is 1.24 bits per heavy atom. The Balaban J connectivity index is 2.21. The normalized spacial score (nSPS) is 11.1. The number of carboxylic acid groups (broad SMARTS) is 1. The highest BCUT2D eigenvalue weighted by Gasteiger charge is 2.17. The van der Waals surface area contributed by atoms with Crippen molar-refractivity contribution in [2.45, 2.75) is 11.3 Å². The van der Waals surface area contributed by atoms with E-state index in [4.69, 9.17) is 5.11 Å². The summed E-state index contributed by atoms with van der Waals surface area (Å²) < 4.78 is 27.3. The van der Waals surface area contributed by atoms with Crippen molar-refractivity contribution in [3.63, 3.8) is 0 Å². The minimum Gasteiger partial charge on any atom is -0.481 e. The van der Waals surface area contributed by atoms with Gasteiger partial charge in [0.25, 0.3) is 10.0 Å². The average Bonchev–Trinajstić information content (AvgIpc) is 2.40. The minimum absolute atomic E-state index is 0.111. The Morgan fingerprint density at radius 2 is 1.95 bits per heavy atom. The molecule has 0 aliphatic carbocycles. The Morgan fingerprint density at radius 3 is 2.52 bits per heavy atom. The van der Waals surface area contributed by atoms with Crippen LogP contribution >= 0.6 is 15.9 Å². The van der Waals surface area contributed by atoms with Gasteiger partial charge in [-0.3, -0.25) is 14.5 Å². The zero-order chi connectivity index (χ0) is 15.5. The molecule has 1 aromatic carbocycles. The maximum Gasteiger partial charge on any atom is 0.309 e. The van der Waals surface area contributed by atoms with Crippen LogP contribution in [0.25, 0.3) is 0 Å². The molecule has 1 aromatic heterocycles. The van der Waals surface area contributed by atoms with Gasteiger partial charge in [-0.25, -0.2) is 8.42 Å². The number of aromatic nitrogens is 1. The highest BCUT2D eigenvalue weighted by atomic mass is 79.9. The van der Waals surface area contributed by atoms with Gasteiger partial charge < -0.3 is 5.11 Å². The first-order chi connectivity index (χ1) is 9.88. The number of pyridine rings is 1. The van der Waals surface area contributed by atoms with Crippen LogP contribution in [0.3, 0.4) is 0 Å². The monoisotopic (exact) mass is 370 g/mol. The molecular formula is C13H11BrN2O4S. The van der Waals surface area contributed by atoms with E-state index in [1.807, 2.05) is 0 Å². The van der Waals surface area contributed by atoms with Crippen LogP contribution in [0.4, 0.5) is 5.69 Å². The van der Waals surface area contributed by atoms with E-state index in [0.717, 1.165) is 0 Å². The molecule has 0 spiro atoms. The predicted octanol–water partition coefficient (Wildman–Crippen LogP) is 2.27. The van der Waals surface area contributed by atoms with Gasteiger partial charge in [0.2, 0.25) is 0 Å². The van der Waals surface area contributed by atoms with E-state index >= 15 is 0 Å². The molecule has 2 N–H and O–H groups in total. The van der Waals surface area contributed by atoms with E-state index in [1.165, 1.54) is 24.4 Å². The Labute approximate surface area is 130 Å². The van der Waals surface area contributed by atoms with Crippen molar-refractivity contribution >= 4 is 37.6 Å². The number of carbonyl (C=O) groups is 1. The van der Waals surface area contributed by atoms with Crippen molar-refractivity contribution in [3.05, 3.63) is 52.8 Å². The molecule has 0 bridgehead atoms. The molecule has 0 saturated heterocycles. The van der Waals surface area contributed by atoms with Crippen molar-refractivity contribution in [2.75, 3.05) is 4.72 Å². The van der Waals surface area contributed by atoms with Crippen molar-refractivity contribution in [1.82, 2.24) is 4.98 Å². The third kappa shape index (κ3) is 4.02. The van der Waals surface area contributed by atoms with Crippen molar-refractivity contribution < 1.29 is 18.3 Å². The molecule has 0 aliphatic rings. The lowest BCUT2D eigenvalue weighted by molar-refractivity contribution is -0.136. The molecule has 0 fully saturated rings. The van der Waals surface area contributed by atoms with E-state index < -0.39 is 16.0 Å². The van der Waals surface area contributed by atoms with Gasteiger partial charge in [0.15, 0.2) is 0 Å². The second kappa shape index (κ2) is 6.23. The fourth-order valence-corrected chi connectivity index (χ4v) is 3.66. The number of aliphatic carboxylic acids is 1. The molecule has 0 amide bonds. The number of halogens is 1. The van der Waals surface area contributed by atoms with Crippen LogP contribution in [0, 0.1) is 0 Å². The first-order valence-electron chi connectivity index (χ1n) is 5.82. The summed E-state index contributed by atoms with van der Waals surface area (Å²) in [6.45, 7) is 0. The number of sulfonamides is 1. The number of hydrogen-bond acceptors (Lipinski definition) is 4. The molecule has 2 aromatic rings. The maximum atomic E-state index is 12.2. The SMILES string of the molecule is O=C(O)Cc1ccc(NS(=O)(=O)c2ccccc2Br)cn1. The number of nitrogens with zero attached hydrogens (tertiary/aromatic N) is 1. The van der Waals surface area contributed by atoms with Crippen molar-refractivity contribution in [2.24, 2.45) is 0 Å². The van der Waals surface area contributed by atoms with E-state index in [2.05, 4.69) is 25.6 Å². The second-order valence-corrected chi connectivity index (χ2v) is 6.65. The van der Waals surface area contributed by atoms with E-state index in [0.29, 0.717) is 10.2 Å². The largest absolute Gasteiger partial charge is 0.481 e. The summed E-state index contributed by atoms with van der Waals surface area (Å²) in [5.41, 5.74) is 0.617. The van der Waals surface area contributed by atoms with E-state index in [9.17, 15) is 13.2 Å². The second-order valence-electron chi connectivity index (χ2n) is 4.14. The quantitative estimate of drug-likeness (QED) is 0.841. The number of hydrogen-bond donors (Lipinski definition) is 2. The van der Waals surface area contributed by atoms with Crippen LogP contribution in [-0.4, -0.2) is 24.5 Å². The first kappa shape index (κ1) is 15.5. The molecule has 0 aliphatic heterocycles.